The molecule has 5 N–H and O–H groups in total. The van der Waals surface area contributed by atoms with Crippen molar-refractivity contribution in [2.45, 2.75) is 20.8 Å². The lowest BCUT2D eigenvalue weighted by molar-refractivity contribution is -0.383. The molecule has 1 heterocycles. The van der Waals surface area contributed by atoms with Gasteiger partial charge in [0.25, 0.3) is 11.1 Å². The third-order valence-electron chi connectivity index (χ3n) is 1.91. The number of aromatic nitrogens is 1. The van der Waals surface area contributed by atoms with Crippen LogP contribution in [0.15, 0.2) is 6.07 Å². The Morgan fingerprint density at radius 3 is 2.71 bits per heavy atom. The molecule has 0 bridgehead atoms. The third kappa shape index (κ3) is 4.58. The summed E-state index contributed by atoms with van der Waals surface area (Å²) in [6.07, 6.45) is 0. The van der Waals surface area contributed by atoms with Crippen LogP contribution in [-0.2, 0) is 0 Å². The smallest absolute Gasteiger partial charge is 0.274 e. The van der Waals surface area contributed by atoms with E-state index in [1.165, 1.54) is 6.07 Å². The highest BCUT2D eigenvalue weighted by molar-refractivity contribution is 6.28. The van der Waals surface area contributed by atoms with Gasteiger partial charge in [0.1, 0.15) is 5.69 Å². The highest BCUT2D eigenvalue weighted by atomic mass is 35.5. The minimum Gasteiger partial charge on any atom is -0.395 e. The number of aliphatic hydroxyl groups is 1. The van der Waals surface area contributed by atoms with Gasteiger partial charge >= 0.3 is 0 Å². The molecule has 0 aromatic carbocycles. The monoisotopic (exact) mass is 260 g/mol. The van der Waals surface area contributed by atoms with Gasteiger partial charge in [-0.3, -0.25) is 4.79 Å². The Hall–Kier alpha value is -1.33. The molecule has 0 aliphatic rings. The van der Waals surface area contributed by atoms with Gasteiger partial charge in [0.05, 0.1) is 12.2 Å². The minimum atomic E-state index is -0.347. The number of aryl methyl sites for hydroxylation is 1. The number of anilines is 1. The van der Waals surface area contributed by atoms with E-state index in [1.807, 2.05) is 13.8 Å². The van der Waals surface area contributed by atoms with Gasteiger partial charge in [-0.15, -0.1) is 0 Å². The number of amides is 1. The molecule has 0 atom stereocenters. The molecule has 0 aliphatic heterocycles. The molecule has 0 saturated heterocycles. The molecular formula is C11H19ClN3O2+. The summed E-state index contributed by atoms with van der Waals surface area (Å²) in [5, 5.41) is 11.4. The number of aromatic amines is 1. The minimum absolute atomic E-state index is 0.114. The van der Waals surface area contributed by atoms with Gasteiger partial charge in [-0.25, -0.2) is 0 Å². The van der Waals surface area contributed by atoms with E-state index in [9.17, 15) is 4.79 Å². The van der Waals surface area contributed by atoms with Gasteiger partial charge < -0.3 is 16.2 Å². The number of nitrogens with one attached hydrogen (secondary N) is 2. The summed E-state index contributed by atoms with van der Waals surface area (Å²) in [7, 11) is 0. The van der Waals surface area contributed by atoms with Crippen molar-refractivity contribution in [3.05, 3.63) is 22.5 Å². The van der Waals surface area contributed by atoms with Crippen LogP contribution in [0.1, 0.15) is 29.9 Å². The Morgan fingerprint density at radius 2 is 2.18 bits per heavy atom. The van der Waals surface area contributed by atoms with Gasteiger partial charge in [-0.1, -0.05) is 13.8 Å². The molecule has 0 saturated carbocycles. The van der Waals surface area contributed by atoms with Crippen molar-refractivity contribution in [3.63, 3.8) is 0 Å². The van der Waals surface area contributed by atoms with Crippen molar-refractivity contribution < 1.29 is 14.9 Å². The van der Waals surface area contributed by atoms with Crippen molar-refractivity contribution in [1.29, 1.82) is 0 Å². The van der Waals surface area contributed by atoms with Crippen molar-refractivity contribution in [2.24, 2.45) is 0 Å². The zero-order valence-corrected chi connectivity index (χ0v) is 11.1. The number of pyridine rings is 1. The number of carbonyl (C=O) groups is 1. The van der Waals surface area contributed by atoms with Crippen LogP contribution in [0.3, 0.4) is 0 Å². The number of carbonyl (C=O) groups excluding carboxylic acids is 1. The summed E-state index contributed by atoms with van der Waals surface area (Å²) in [5.41, 5.74) is 7.01. The molecule has 0 unspecified atom stereocenters. The molecule has 0 spiro atoms. The normalized spacial score (nSPS) is 9.24. The topological polar surface area (TPSA) is 89.5 Å². The van der Waals surface area contributed by atoms with Crippen molar-refractivity contribution >= 4 is 23.2 Å². The van der Waals surface area contributed by atoms with E-state index in [-0.39, 0.29) is 19.1 Å². The molecule has 1 aromatic heterocycles. The maximum Gasteiger partial charge on any atom is 0.274 e. The number of H-pyrrole nitrogens is 1. The first-order chi connectivity index (χ1) is 8.06. The van der Waals surface area contributed by atoms with Crippen molar-refractivity contribution in [1.82, 2.24) is 5.32 Å². The largest absolute Gasteiger partial charge is 0.395 e. The van der Waals surface area contributed by atoms with Crippen LogP contribution in [0.5, 0.6) is 0 Å². The van der Waals surface area contributed by atoms with E-state index in [0.717, 1.165) is 0 Å². The first kappa shape index (κ1) is 15.7. The summed E-state index contributed by atoms with van der Waals surface area (Å²) in [4.78, 5) is 14.4. The van der Waals surface area contributed by atoms with Crippen LogP contribution in [0.2, 0.25) is 5.15 Å². The van der Waals surface area contributed by atoms with Crippen LogP contribution < -0.4 is 16.0 Å². The van der Waals surface area contributed by atoms with E-state index in [1.54, 1.807) is 6.92 Å². The van der Waals surface area contributed by atoms with Crippen LogP contribution >= 0.6 is 11.6 Å². The van der Waals surface area contributed by atoms with E-state index in [0.29, 0.717) is 22.1 Å². The number of halogens is 1. The van der Waals surface area contributed by atoms with Crippen molar-refractivity contribution in [3.8, 4) is 0 Å². The third-order valence-corrected chi connectivity index (χ3v) is 2.12. The van der Waals surface area contributed by atoms with Gasteiger partial charge in [0.2, 0.25) is 5.69 Å². The predicted molar refractivity (Wildman–Crippen MR) is 67.9 cm³/mol. The summed E-state index contributed by atoms with van der Waals surface area (Å²) >= 11 is 5.76. The molecule has 5 nitrogen and oxygen atoms in total. The van der Waals surface area contributed by atoms with Crippen LogP contribution in [-0.4, -0.2) is 24.2 Å². The predicted octanol–water partition coefficient (Wildman–Crippen LogP) is 0.793. The molecule has 0 fully saturated rings. The molecule has 96 valence electrons. The fourth-order valence-corrected chi connectivity index (χ4v) is 1.39. The lowest BCUT2D eigenvalue weighted by atomic mass is 10.1. The zero-order valence-electron chi connectivity index (χ0n) is 10.3. The SMILES string of the molecule is CC.Cc1[nH+]c(Cl)cc(C(=O)NCCO)c1N. The van der Waals surface area contributed by atoms with Crippen LogP contribution in [0, 0.1) is 6.92 Å². The fraction of sp³-hybridized carbons (Fsp3) is 0.455. The molecule has 17 heavy (non-hydrogen) atoms. The molecule has 6 heteroatoms. The van der Waals surface area contributed by atoms with E-state index >= 15 is 0 Å². The molecular weight excluding hydrogens is 242 g/mol. The van der Waals surface area contributed by atoms with Crippen LogP contribution in [0.4, 0.5) is 5.69 Å². The van der Waals surface area contributed by atoms with Gasteiger partial charge in [0.15, 0.2) is 0 Å². The Labute approximate surface area is 106 Å². The summed E-state index contributed by atoms with van der Waals surface area (Å²) < 4.78 is 0. The highest BCUT2D eigenvalue weighted by Crippen LogP contribution is 2.15. The Balaban J connectivity index is 0.00000121. The van der Waals surface area contributed by atoms with E-state index in [2.05, 4.69) is 10.3 Å². The first-order valence-corrected chi connectivity index (χ1v) is 5.81. The average molecular weight is 261 g/mol. The summed E-state index contributed by atoms with van der Waals surface area (Å²) in [6.45, 7) is 5.80. The van der Waals surface area contributed by atoms with Gasteiger partial charge in [-0.05, 0) is 11.6 Å². The Morgan fingerprint density at radius 1 is 1.59 bits per heavy atom. The Bertz CT molecular complexity index is 383. The number of nitrogen functional groups attached to an aromatic ring is 1. The number of rotatable bonds is 3. The fourth-order valence-electron chi connectivity index (χ4n) is 1.14. The molecule has 0 radical (unpaired) electrons. The Kier molecular flexibility index (Phi) is 7.25. The molecule has 1 aromatic rings. The second-order valence-electron chi connectivity index (χ2n) is 3.05. The van der Waals surface area contributed by atoms with Gasteiger partial charge in [0, 0.05) is 19.5 Å². The molecule has 1 rings (SSSR count). The summed E-state index contributed by atoms with van der Waals surface area (Å²) in [6, 6.07) is 1.45. The number of aliphatic hydroxyl groups excluding tert-OH is 1. The second-order valence-corrected chi connectivity index (χ2v) is 3.46. The second kappa shape index (κ2) is 7.86. The molecule has 0 aliphatic carbocycles. The number of nitrogens with two attached hydrogens (primary N) is 1. The lowest BCUT2D eigenvalue weighted by Crippen LogP contribution is -2.28. The first-order valence-electron chi connectivity index (χ1n) is 5.43. The van der Waals surface area contributed by atoms with Crippen molar-refractivity contribution in [2.75, 3.05) is 18.9 Å². The zero-order chi connectivity index (χ0) is 13.4. The van der Waals surface area contributed by atoms with Gasteiger partial charge in [-0.2, -0.15) is 4.98 Å². The van der Waals surface area contributed by atoms with E-state index in [4.69, 9.17) is 22.4 Å². The van der Waals surface area contributed by atoms with Crippen LogP contribution in [0.25, 0.3) is 0 Å². The maximum atomic E-state index is 11.6. The maximum absolute atomic E-state index is 11.6. The van der Waals surface area contributed by atoms with E-state index < -0.39 is 0 Å². The lowest BCUT2D eigenvalue weighted by Gasteiger charge is -2.05. The number of hydrogen-bond donors (Lipinski definition) is 3. The number of hydrogen-bond acceptors (Lipinski definition) is 3. The standard InChI is InChI=1S/C9H12ClN3O2.C2H6/c1-5-8(11)6(4-7(10)13-5)9(15)12-2-3-14;1-2/h4,14H,2-3,11H2,1H3,(H,12,15);1-2H3/p+1. The summed E-state index contributed by atoms with van der Waals surface area (Å²) in [5.74, 6) is -0.347. The molecule has 1 amide bonds. The quantitative estimate of drug-likeness (QED) is 0.702. The highest BCUT2D eigenvalue weighted by Gasteiger charge is 2.16. The average Bonchev–Trinajstić information content (AvgIpc) is 2.33.